The van der Waals surface area contributed by atoms with Crippen LogP contribution in [0.3, 0.4) is 0 Å². The Kier molecular flexibility index (Phi) is 3.45. The van der Waals surface area contributed by atoms with Gasteiger partial charge in [-0.05, 0) is 26.0 Å². The van der Waals surface area contributed by atoms with Gasteiger partial charge < -0.3 is 9.63 Å². The van der Waals surface area contributed by atoms with Crippen molar-refractivity contribution < 1.29 is 22.8 Å². The second-order valence-electron chi connectivity index (χ2n) is 4.02. The van der Waals surface area contributed by atoms with E-state index in [9.17, 15) is 13.2 Å². The van der Waals surface area contributed by atoms with Crippen LogP contribution in [0.25, 0.3) is 0 Å². The first-order valence-electron chi connectivity index (χ1n) is 5.46. The minimum Gasteiger partial charge on any atom is -0.478 e. The van der Waals surface area contributed by atoms with Crippen LogP contribution >= 0.6 is 0 Å². The van der Waals surface area contributed by atoms with Crippen molar-refractivity contribution in [2.45, 2.75) is 18.9 Å². The predicted molar refractivity (Wildman–Crippen MR) is 68.0 cm³/mol. The van der Waals surface area contributed by atoms with Gasteiger partial charge in [0.15, 0.2) is 5.03 Å². The number of sulfonamides is 1. The highest BCUT2D eigenvalue weighted by molar-refractivity contribution is 7.92. The third kappa shape index (κ3) is 2.62. The monoisotopic (exact) mass is 297 g/mol. The molecule has 0 aliphatic rings. The molecule has 0 bridgehead atoms. The summed E-state index contributed by atoms with van der Waals surface area (Å²) in [5.74, 6) is -1.18. The Morgan fingerprint density at radius 3 is 2.50 bits per heavy atom. The molecule has 0 fully saturated rings. The summed E-state index contributed by atoms with van der Waals surface area (Å²) in [6.07, 6.45) is 0.968. The minimum atomic E-state index is -3.95. The maximum atomic E-state index is 12.0. The molecule has 20 heavy (non-hydrogen) atoms. The number of rotatable bonds is 4. The van der Waals surface area contributed by atoms with Crippen LogP contribution in [-0.2, 0) is 10.0 Å². The Balaban J connectivity index is 2.31. The van der Waals surface area contributed by atoms with Crippen LogP contribution in [0.5, 0.6) is 0 Å². The average molecular weight is 297 g/mol. The zero-order chi connectivity index (χ0) is 14.9. The Morgan fingerprint density at radius 1 is 1.35 bits per heavy atom. The quantitative estimate of drug-likeness (QED) is 0.868. The Bertz CT molecular complexity index is 749. The fourth-order valence-electron chi connectivity index (χ4n) is 1.35. The number of carboxylic acids is 1. The average Bonchev–Trinajstić information content (AvgIpc) is 2.70. The summed E-state index contributed by atoms with van der Waals surface area (Å²) in [6.45, 7) is 3.33. The number of aryl methyl sites for hydroxylation is 1. The molecule has 0 aromatic carbocycles. The van der Waals surface area contributed by atoms with Gasteiger partial charge in [-0.2, -0.15) is 8.42 Å². The molecule has 8 nitrogen and oxygen atoms in total. The zero-order valence-electron chi connectivity index (χ0n) is 10.6. The molecule has 0 amide bonds. The summed E-state index contributed by atoms with van der Waals surface area (Å²) in [5, 5.41) is 12.0. The lowest BCUT2D eigenvalue weighted by Gasteiger charge is -2.05. The lowest BCUT2D eigenvalue weighted by Crippen LogP contribution is -2.15. The molecule has 2 aromatic heterocycles. The minimum absolute atomic E-state index is 0.00612. The third-order valence-electron chi connectivity index (χ3n) is 2.64. The normalized spacial score (nSPS) is 11.3. The smallest absolute Gasteiger partial charge is 0.337 e. The summed E-state index contributed by atoms with van der Waals surface area (Å²) >= 11 is 0. The van der Waals surface area contributed by atoms with Gasteiger partial charge in [0.1, 0.15) is 0 Å². The van der Waals surface area contributed by atoms with Crippen molar-refractivity contribution >= 4 is 21.9 Å². The first-order chi connectivity index (χ1) is 9.31. The highest BCUT2D eigenvalue weighted by Gasteiger charge is 2.20. The zero-order valence-corrected chi connectivity index (χ0v) is 11.4. The Morgan fingerprint density at radius 2 is 2.05 bits per heavy atom. The lowest BCUT2D eigenvalue weighted by atomic mass is 10.3. The second-order valence-corrected chi connectivity index (χ2v) is 5.65. The van der Waals surface area contributed by atoms with Crippen molar-refractivity contribution in [2.24, 2.45) is 0 Å². The fraction of sp³-hybridized carbons (Fsp3) is 0.182. The van der Waals surface area contributed by atoms with Crippen LogP contribution in [0.2, 0.25) is 0 Å². The number of aromatic carboxylic acids is 1. The number of nitrogens with zero attached hydrogens (tertiary/aromatic N) is 2. The van der Waals surface area contributed by atoms with Gasteiger partial charge in [-0.3, -0.25) is 0 Å². The van der Waals surface area contributed by atoms with Crippen molar-refractivity contribution in [2.75, 3.05) is 4.72 Å². The van der Waals surface area contributed by atoms with Gasteiger partial charge in [0.05, 0.1) is 11.3 Å². The van der Waals surface area contributed by atoms with E-state index in [0.717, 1.165) is 18.3 Å². The molecule has 0 radical (unpaired) electrons. The first kappa shape index (κ1) is 14.0. The van der Waals surface area contributed by atoms with Gasteiger partial charge in [0, 0.05) is 11.8 Å². The second kappa shape index (κ2) is 4.93. The molecule has 0 saturated heterocycles. The number of hydrogen-bond donors (Lipinski definition) is 2. The summed E-state index contributed by atoms with van der Waals surface area (Å²) in [5.41, 5.74) is 1.03. The molecule has 9 heteroatoms. The van der Waals surface area contributed by atoms with Gasteiger partial charge in [0.25, 0.3) is 10.0 Å². The maximum Gasteiger partial charge on any atom is 0.337 e. The van der Waals surface area contributed by atoms with Crippen molar-refractivity contribution in [1.29, 1.82) is 0 Å². The number of nitrogens with one attached hydrogen (secondary N) is 1. The molecular formula is C11H11N3O5S. The standard InChI is InChI=1S/C11H11N3O5S/c1-6-7(2)13-19-10(6)14-20(17,18)9-4-3-8(5-12-9)11(15)16/h3-5,14H,1-2H3,(H,15,16). The van der Waals surface area contributed by atoms with E-state index in [4.69, 9.17) is 9.63 Å². The number of anilines is 1. The van der Waals surface area contributed by atoms with E-state index >= 15 is 0 Å². The third-order valence-corrected chi connectivity index (χ3v) is 3.89. The van der Waals surface area contributed by atoms with Gasteiger partial charge >= 0.3 is 5.97 Å². The van der Waals surface area contributed by atoms with E-state index in [1.807, 2.05) is 0 Å². The predicted octanol–water partition coefficient (Wildman–Crippen LogP) is 1.19. The molecule has 0 aliphatic heterocycles. The van der Waals surface area contributed by atoms with Crippen LogP contribution in [0.4, 0.5) is 5.88 Å². The van der Waals surface area contributed by atoms with E-state index in [1.165, 1.54) is 0 Å². The molecule has 2 N–H and O–H groups in total. The number of carbonyl (C=O) groups is 1. The molecule has 0 spiro atoms. The number of pyridine rings is 1. The molecule has 0 unspecified atom stereocenters. The summed E-state index contributed by atoms with van der Waals surface area (Å²) in [4.78, 5) is 14.3. The number of carboxylic acid groups (broad SMARTS) is 1. The molecule has 2 heterocycles. The van der Waals surface area contributed by atoms with E-state index in [-0.39, 0.29) is 16.5 Å². The van der Waals surface area contributed by atoms with Crippen molar-refractivity contribution in [3.05, 3.63) is 35.2 Å². The van der Waals surface area contributed by atoms with Crippen LogP contribution < -0.4 is 4.72 Å². The van der Waals surface area contributed by atoms with Gasteiger partial charge in [-0.25, -0.2) is 14.5 Å². The fourth-order valence-corrected chi connectivity index (χ4v) is 2.33. The Labute approximate surface area is 114 Å². The number of hydrogen-bond acceptors (Lipinski definition) is 6. The molecule has 2 aromatic rings. The van der Waals surface area contributed by atoms with Crippen molar-refractivity contribution in [3.8, 4) is 0 Å². The van der Waals surface area contributed by atoms with Crippen LogP contribution in [-0.4, -0.2) is 29.6 Å². The van der Waals surface area contributed by atoms with Crippen LogP contribution in [0.15, 0.2) is 27.9 Å². The molecule has 0 saturated carbocycles. The SMILES string of the molecule is Cc1noc(NS(=O)(=O)c2ccc(C(=O)O)cn2)c1C. The van der Waals surface area contributed by atoms with Gasteiger partial charge in [-0.15, -0.1) is 0 Å². The summed E-state index contributed by atoms with van der Waals surface area (Å²) in [7, 11) is -3.95. The summed E-state index contributed by atoms with van der Waals surface area (Å²) < 4.78 is 31.1. The van der Waals surface area contributed by atoms with Crippen molar-refractivity contribution in [3.63, 3.8) is 0 Å². The van der Waals surface area contributed by atoms with Crippen molar-refractivity contribution in [1.82, 2.24) is 10.1 Å². The molecular weight excluding hydrogens is 286 g/mol. The summed E-state index contributed by atoms with van der Waals surface area (Å²) in [6, 6.07) is 2.26. The van der Waals surface area contributed by atoms with E-state index < -0.39 is 16.0 Å². The van der Waals surface area contributed by atoms with Gasteiger partial charge in [-0.1, -0.05) is 5.16 Å². The number of aromatic nitrogens is 2. The van der Waals surface area contributed by atoms with E-state index in [2.05, 4.69) is 14.9 Å². The lowest BCUT2D eigenvalue weighted by molar-refractivity contribution is 0.0696. The van der Waals surface area contributed by atoms with Gasteiger partial charge in [0.2, 0.25) is 5.88 Å². The molecule has 106 valence electrons. The van der Waals surface area contributed by atoms with E-state index in [0.29, 0.717) is 11.3 Å². The highest BCUT2D eigenvalue weighted by atomic mass is 32.2. The molecule has 0 atom stereocenters. The van der Waals surface area contributed by atoms with Crippen LogP contribution in [0.1, 0.15) is 21.6 Å². The topological polar surface area (TPSA) is 122 Å². The molecule has 2 rings (SSSR count). The molecule has 0 aliphatic carbocycles. The van der Waals surface area contributed by atoms with Crippen LogP contribution in [0, 0.1) is 13.8 Å². The Hall–Kier alpha value is -2.42. The largest absolute Gasteiger partial charge is 0.478 e. The maximum absolute atomic E-state index is 12.0. The highest BCUT2D eigenvalue weighted by Crippen LogP contribution is 2.20. The van der Waals surface area contributed by atoms with E-state index in [1.54, 1.807) is 13.8 Å². The first-order valence-corrected chi connectivity index (χ1v) is 6.94.